The number of imidazole rings is 1. The van der Waals surface area contributed by atoms with Crippen molar-refractivity contribution < 1.29 is 4.39 Å². The molecule has 3 nitrogen and oxygen atoms in total. The highest BCUT2D eigenvalue weighted by Crippen LogP contribution is 2.39. The van der Waals surface area contributed by atoms with Crippen LogP contribution in [0, 0.1) is 17.1 Å². The fourth-order valence-corrected chi connectivity index (χ4v) is 5.19. The Labute approximate surface area is 217 Å². The van der Waals surface area contributed by atoms with E-state index in [2.05, 4.69) is 19.9 Å². The first-order valence-corrected chi connectivity index (χ1v) is 12.4. The summed E-state index contributed by atoms with van der Waals surface area (Å²) in [7, 11) is 0. The molecule has 34 heavy (non-hydrogen) atoms. The van der Waals surface area contributed by atoms with Crippen molar-refractivity contribution in [3.05, 3.63) is 110 Å². The third-order valence-electron chi connectivity index (χ3n) is 5.63. The Morgan fingerprint density at radius 3 is 2.35 bits per heavy atom. The van der Waals surface area contributed by atoms with E-state index in [1.807, 2.05) is 22.9 Å². The molecule has 4 rings (SSSR count). The number of halogens is 4. The molecular weight excluding hydrogens is 512 g/mol. The SMILES string of the molecule is CC(C)(c1ccc(Cl)c(Cl)c1)c1cnc(SCc2cc(C#N)ccc2Cl)n1-c1ccc(F)cc1. The number of nitriles is 1. The van der Waals surface area contributed by atoms with Crippen molar-refractivity contribution in [2.75, 3.05) is 0 Å². The van der Waals surface area contributed by atoms with Gasteiger partial charge >= 0.3 is 0 Å². The van der Waals surface area contributed by atoms with E-state index in [1.54, 1.807) is 36.4 Å². The summed E-state index contributed by atoms with van der Waals surface area (Å²) in [6, 6.07) is 19.2. The molecule has 0 fully saturated rings. The van der Waals surface area contributed by atoms with E-state index in [-0.39, 0.29) is 5.82 Å². The van der Waals surface area contributed by atoms with Crippen molar-refractivity contribution in [3.8, 4) is 11.8 Å². The predicted molar refractivity (Wildman–Crippen MR) is 138 cm³/mol. The summed E-state index contributed by atoms with van der Waals surface area (Å²) >= 11 is 20.3. The van der Waals surface area contributed by atoms with Crippen LogP contribution < -0.4 is 0 Å². The topological polar surface area (TPSA) is 41.6 Å². The van der Waals surface area contributed by atoms with Gasteiger partial charge in [0.05, 0.1) is 33.6 Å². The van der Waals surface area contributed by atoms with Crippen LogP contribution in [0.15, 0.2) is 72.0 Å². The van der Waals surface area contributed by atoms with Gasteiger partial charge in [-0.15, -0.1) is 0 Å². The molecule has 0 aliphatic carbocycles. The van der Waals surface area contributed by atoms with Gasteiger partial charge in [-0.05, 0) is 65.7 Å². The molecule has 8 heteroatoms. The molecule has 0 unspecified atom stereocenters. The van der Waals surface area contributed by atoms with Crippen molar-refractivity contribution in [1.82, 2.24) is 9.55 Å². The van der Waals surface area contributed by atoms with E-state index in [0.717, 1.165) is 22.5 Å². The van der Waals surface area contributed by atoms with Crippen molar-refractivity contribution in [3.63, 3.8) is 0 Å². The van der Waals surface area contributed by atoms with Gasteiger partial charge in [-0.2, -0.15) is 5.26 Å². The zero-order valence-corrected chi connectivity index (χ0v) is 21.4. The fourth-order valence-electron chi connectivity index (χ4n) is 3.65. The van der Waals surface area contributed by atoms with E-state index in [1.165, 1.54) is 23.9 Å². The van der Waals surface area contributed by atoms with Gasteiger partial charge in [0.25, 0.3) is 0 Å². The first kappa shape index (κ1) is 24.6. The summed E-state index contributed by atoms with van der Waals surface area (Å²) in [5, 5.41) is 11.5. The number of benzene rings is 3. The normalized spacial score (nSPS) is 11.4. The quantitative estimate of drug-likeness (QED) is 0.235. The number of aromatic nitrogens is 2. The Balaban J connectivity index is 1.78. The van der Waals surface area contributed by atoms with Crippen molar-refractivity contribution in [2.45, 2.75) is 30.2 Å². The molecule has 0 aliphatic rings. The first-order valence-electron chi connectivity index (χ1n) is 10.3. The van der Waals surface area contributed by atoms with Crippen LogP contribution in [0.25, 0.3) is 5.69 Å². The van der Waals surface area contributed by atoms with Gasteiger partial charge in [-0.25, -0.2) is 9.37 Å². The van der Waals surface area contributed by atoms with E-state index >= 15 is 0 Å². The Bertz CT molecular complexity index is 1390. The summed E-state index contributed by atoms with van der Waals surface area (Å²) in [6.45, 7) is 4.15. The Morgan fingerprint density at radius 2 is 1.68 bits per heavy atom. The Morgan fingerprint density at radius 1 is 0.971 bits per heavy atom. The summed E-state index contributed by atoms with van der Waals surface area (Å²) < 4.78 is 15.7. The van der Waals surface area contributed by atoms with Gasteiger partial charge in [0.2, 0.25) is 0 Å². The van der Waals surface area contributed by atoms with Crippen LogP contribution in [0.2, 0.25) is 15.1 Å². The smallest absolute Gasteiger partial charge is 0.173 e. The monoisotopic (exact) mass is 529 g/mol. The lowest BCUT2D eigenvalue weighted by Gasteiger charge is -2.28. The molecule has 0 N–H and O–H groups in total. The molecule has 1 heterocycles. The van der Waals surface area contributed by atoms with Gasteiger partial charge in [0.1, 0.15) is 5.82 Å². The van der Waals surface area contributed by atoms with Crippen molar-refractivity contribution in [2.24, 2.45) is 0 Å². The van der Waals surface area contributed by atoms with Gasteiger partial charge < -0.3 is 0 Å². The van der Waals surface area contributed by atoms with Crippen LogP contribution in [0.3, 0.4) is 0 Å². The van der Waals surface area contributed by atoms with Gasteiger partial charge in [0, 0.05) is 21.9 Å². The molecule has 0 atom stereocenters. The molecule has 0 amide bonds. The maximum absolute atomic E-state index is 13.7. The van der Waals surface area contributed by atoms with Gasteiger partial charge in [0.15, 0.2) is 5.16 Å². The minimum atomic E-state index is -0.493. The third kappa shape index (κ3) is 4.96. The number of hydrogen-bond donors (Lipinski definition) is 0. The molecule has 4 aromatic rings. The average molecular weight is 531 g/mol. The largest absolute Gasteiger partial charge is 0.291 e. The summed E-state index contributed by atoms with van der Waals surface area (Å²) in [5.74, 6) is 0.197. The Kier molecular flexibility index (Phi) is 7.25. The minimum absolute atomic E-state index is 0.316. The molecule has 0 radical (unpaired) electrons. The number of hydrogen-bond acceptors (Lipinski definition) is 3. The lowest BCUT2D eigenvalue weighted by Crippen LogP contribution is -2.23. The second kappa shape index (κ2) is 10.0. The Hall–Kier alpha value is -2.49. The van der Waals surface area contributed by atoms with Gasteiger partial charge in [-0.3, -0.25) is 4.57 Å². The minimum Gasteiger partial charge on any atom is -0.291 e. The second-order valence-electron chi connectivity index (χ2n) is 8.20. The van der Waals surface area contributed by atoms with Crippen molar-refractivity contribution in [1.29, 1.82) is 5.26 Å². The molecule has 0 aliphatic heterocycles. The van der Waals surface area contributed by atoms with Crippen LogP contribution in [0.4, 0.5) is 4.39 Å². The molecule has 0 spiro atoms. The molecule has 1 aromatic heterocycles. The highest BCUT2D eigenvalue weighted by molar-refractivity contribution is 7.98. The second-order valence-corrected chi connectivity index (χ2v) is 10.4. The molecule has 3 aromatic carbocycles. The van der Waals surface area contributed by atoms with Crippen LogP contribution in [-0.2, 0) is 11.2 Å². The average Bonchev–Trinajstić information content (AvgIpc) is 3.25. The predicted octanol–water partition coefficient (Wildman–Crippen LogP) is 8.46. The van der Waals surface area contributed by atoms with E-state index in [4.69, 9.17) is 39.8 Å². The number of nitrogens with zero attached hydrogens (tertiary/aromatic N) is 3. The highest BCUT2D eigenvalue weighted by atomic mass is 35.5. The molecule has 0 saturated heterocycles. The maximum Gasteiger partial charge on any atom is 0.173 e. The standard InChI is InChI=1S/C26H19Cl3FN3S/c1-26(2,18-4-10-22(28)23(29)12-18)24-14-32-25(33(24)20-7-5-19(30)6-8-20)34-15-17-11-16(13-31)3-9-21(17)27/h3-12,14H,15H2,1-2H3. The fraction of sp³-hybridized carbons (Fsp3) is 0.154. The highest BCUT2D eigenvalue weighted by Gasteiger charge is 2.30. The van der Waals surface area contributed by atoms with Gasteiger partial charge in [-0.1, -0.05) is 66.5 Å². The zero-order valence-electron chi connectivity index (χ0n) is 18.3. The van der Waals surface area contributed by atoms with Crippen LogP contribution in [-0.4, -0.2) is 9.55 Å². The molecule has 172 valence electrons. The molecular formula is C26H19Cl3FN3S. The maximum atomic E-state index is 13.7. The first-order chi connectivity index (χ1) is 16.2. The van der Waals surface area contributed by atoms with E-state index < -0.39 is 5.41 Å². The molecule has 0 saturated carbocycles. The third-order valence-corrected chi connectivity index (χ3v) is 7.74. The van der Waals surface area contributed by atoms with E-state index in [0.29, 0.717) is 31.5 Å². The molecule has 0 bridgehead atoms. The lowest BCUT2D eigenvalue weighted by molar-refractivity contribution is 0.591. The number of rotatable bonds is 6. The van der Waals surface area contributed by atoms with Crippen LogP contribution in [0.1, 0.15) is 36.2 Å². The van der Waals surface area contributed by atoms with E-state index in [9.17, 15) is 9.65 Å². The summed E-state index contributed by atoms with van der Waals surface area (Å²) in [6.07, 6.45) is 1.82. The zero-order chi connectivity index (χ0) is 24.5. The lowest BCUT2D eigenvalue weighted by atomic mass is 9.81. The summed E-state index contributed by atoms with van der Waals surface area (Å²) in [4.78, 5) is 4.70. The van der Waals surface area contributed by atoms with Crippen molar-refractivity contribution >= 4 is 46.6 Å². The number of thioether (sulfide) groups is 1. The van der Waals surface area contributed by atoms with Crippen LogP contribution >= 0.6 is 46.6 Å². The van der Waals surface area contributed by atoms with Crippen LogP contribution in [0.5, 0.6) is 0 Å². The summed E-state index contributed by atoms with van der Waals surface area (Å²) in [5.41, 5.74) is 3.53.